The monoisotopic (exact) mass is 305 g/mol. The van der Waals surface area contributed by atoms with E-state index in [1.54, 1.807) is 12.1 Å². The van der Waals surface area contributed by atoms with Gasteiger partial charge in [-0.2, -0.15) is 0 Å². The first-order valence-electron chi connectivity index (χ1n) is 6.93. The zero-order valence-corrected chi connectivity index (χ0v) is 12.4. The highest BCUT2D eigenvalue weighted by Gasteiger charge is 2.26. The highest BCUT2D eigenvalue weighted by atomic mass is 35.5. The number of hydrogen-bond donors (Lipinski definition) is 2. The molecule has 0 aliphatic heterocycles. The van der Waals surface area contributed by atoms with Crippen LogP contribution < -0.4 is 10.9 Å². The summed E-state index contributed by atoms with van der Waals surface area (Å²) in [6.45, 7) is 2.17. The number of nitrogens with one attached hydrogen (secondary N) is 2. The molecule has 1 aromatic carbocycles. The fraction of sp³-hybridized carbons (Fsp3) is 0.333. The first-order valence-corrected chi connectivity index (χ1v) is 7.31. The summed E-state index contributed by atoms with van der Waals surface area (Å²) in [5.41, 5.74) is 7.34. The van der Waals surface area contributed by atoms with Crippen molar-refractivity contribution < 1.29 is 9.32 Å². The molecule has 0 fully saturated rings. The van der Waals surface area contributed by atoms with Crippen molar-refractivity contribution in [2.24, 2.45) is 5.92 Å². The lowest BCUT2D eigenvalue weighted by molar-refractivity contribution is 0.0953. The average molecular weight is 306 g/mol. The maximum absolute atomic E-state index is 12.2. The fourth-order valence-corrected chi connectivity index (χ4v) is 2.69. The van der Waals surface area contributed by atoms with Gasteiger partial charge in [-0.3, -0.25) is 15.6 Å². The maximum atomic E-state index is 12.2. The minimum absolute atomic E-state index is 0.311. The van der Waals surface area contributed by atoms with E-state index in [0.29, 0.717) is 22.3 Å². The smallest absolute Gasteiger partial charge is 0.292 e. The number of hydrogen-bond acceptors (Lipinski definition) is 4. The quantitative estimate of drug-likeness (QED) is 0.855. The third-order valence-electron chi connectivity index (χ3n) is 3.69. The summed E-state index contributed by atoms with van der Waals surface area (Å²) >= 11 is 6.02. The van der Waals surface area contributed by atoms with E-state index in [9.17, 15) is 4.79 Å². The maximum Gasteiger partial charge on any atom is 0.292 e. The van der Waals surface area contributed by atoms with E-state index in [-0.39, 0.29) is 5.91 Å². The second-order valence-electron chi connectivity index (χ2n) is 5.34. The van der Waals surface area contributed by atoms with Gasteiger partial charge in [-0.25, -0.2) is 0 Å². The lowest BCUT2D eigenvalue weighted by Crippen LogP contribution is -2.31. The predicted molar refractivity (Wildman–Crippen MR) is 80.2 cm³/mol. The van der Waals surface area contributed by atoms with E-state index in [4.69, 9.17) is 16.1 Å². The van der Waals surface area contributed by atoms with E-state index in [0.717, 1.165) is 30.6 Å². The molecule has 5 nitrogen and oxygen atoms in total. The van der Waals surface area contributed by atoms with Crippen LogP contribution >= 0.6 is 11.6 Å². The van der Waals surface area contributed by atoms with Crippen LogP contribution in [-0.4, -0.2) is 11.1 Å². The number of fused-ring (bicyclic) bond motifs is 1. The van der Waals surface area contributed by atoms with Crippen molar-refractivity contribution in [2.45, 2.75) is 26.2 Å². The Balaban J connectivity index is 1.72. The van der Waals surface area contributed by atoms with Crippen molar-refractivity contribution in [2.75, 3.05) is 5.43 Å². The van der Waals surface area contributed by atoms with Crippen molar-refractivity contribution in [1.82, 2.24) is 10.6 Å². The number of anilines is 1. The number of benzene rings is 1. The van der Waals surface area contributed by atoms with Gasteiger partial charge in [0.25, 0.3) is 5.91 Å². The van der Waals surface area contributed by atoms with Crippen molar-refractivity contribution >= 4 is 23.2 Å². The molecule has 0 saturated heterocycles. The van der Waals surface area contributed by atoms with Crippen LogP contribution in [-0.2, 0) is 12.8 Å². The first kappa shape index (κ1) is 13.9. The van der Waals surface area contributed by atoms with Gasteiger partial charge in [-0.15, -0.1) is 0 Å². The molecule has 110 valence electrons. The van der Waals surface area contributed by atoms with Crippen molar-refractivity contribution in [3.8, 4) is 0 Å². The number of aromatic nitrogens is 1. The lowest BCUT2D eigenvalue weighted by Gasteiger charge is -2.16. The summed E-state index contributed by atoms with van der Waals surface area (Å²) in [6.07, 6.45) is 2.74. The highest BCUT2D eigenvalue weighted by molar-refractivity contribution is 6.33. The lowest BCUT2D eigenvalue weighted by atomic mass is 9.88. The van der Waals surface area contributed by atoms with Gasteiger partial charge in [-0.05, 0) is 30.9 Å². The summed E-state index contributed by atoms with van der Waals surface area (Å²) in [5.74, 6) is 1.06. The van der Waals surface area contributed by atoms with Gasteiger partial charge in [0.2, 0.25) is 0 Å². The number of halogens is 1. The molecule has 3 rings (SSSR count). The standard InChI is InChI=1S/C15H16ClN3O2/c1-9-6-7-13-10(8-9)14(19-21-13)15(20)18-17-12-5-3-2-4-11(12)16/h2-5,9,17H,6-8H2,1H3,(H,18,20). The minimum Gasteiger partial charge on any atom is -0.360 e. The molecule has 1 aromatic heterocycles. The third-order valence-corrected chi connectivity index (χ3v) is 4.02. The molecule has 1 heterocycles. The van der Waals surface area contributed by atoms with Crippen molar-refractivity contribution in [3.63, 3.8) is 0 Å². The van der Waals surface area contributed by atoms with Crippen LogP contribution in [0.2, 0.25) is 5.02 Å². The van der Waals surface area contributed by atoms with E-state index >= 15 is 0 Å². The van der Waals surface area contributed by atoms with E-state index in [1.165, 1.54) is 0 Å². The molecule has 0 bridgehead atoms. The van der Waals surface area contributed by atoms with E-state index < -0.39 is 0 Å². The van der Waals surface area contributed by atoms with Gasteiger partial charge >= 0.3 is 0 Å². The van der Waals surface area contributed by atoms with Gasteiger partial charge < -0.3 is 4.52 Å². The van der Waals surface area contributed by atoms with Gasteiger partial charge in [0.1, 0.15) is 5.76 Å². The van der Waals surface area contributed by atoms with Gasteiger partial charge in [0.05, 0.1) is 10.7 Å². The number of carbonyl (C=O) groups excluding carboxylic acids is 1. The van der Waals surface area contributed by atoms with Crippen LogP contribution in [0.25, 0.3) is 0 Å². The van der Waals surface area contributed by atoms with Crippen LogP contribution in [0.3, 0.4) is 0 Å². The summed E-state index contributed by atoms with van der Waals surface area (Å²) in [6, 6.07) is 7.18. The molecule has 0 spiro atoms. The molecular weight excluding hydrogens is 290 g/mol. The van der Waals surface area contributed by atoms with Crippen LogP contribution in [0.4, 0.5) is 5.69 Å². The second kappa shape index (κ2) is 5.77. The Hall–Kier alpha value is -2.01. The number of rotatable bonds is 3. The molecule has 0 saturated carbocycles. The molecule has 1 atom stereocenters. The molecule has 0 radical (unpaired) electrons. The molecule has 1 unspecified atom stereocenters. The predicted octanol–water partition coefficient (Wildman–Crippen LogP) is 3.21. The molecule has 1 aliphatic rings. The van der Waals surface area contributed by atoms with Crippen LogP contribution in [0.15, 0.2) is 28.8 Å². The normalized spacial score (nSPS) is 17.1. The summed E-state index contributed by atoms with van der Waals surface area (Å²) < 4.78 is 5.27. The van der Waals surface area contributed by atoms with Crippen molar-refractivity contribution in [1.29, 1.82) is 0 Å². The Morgan fingerprint density at radius 2 is 2.24 bits per heavy atom. The number of para-hydroxylation sites is 1. The zero-order valence-electron chi connectivity index (χ0n) is 11.6. The van der Waals surface area contributed by atoms with Gasteiger partial charge in [-0.1, -0.05) is 35.8 Å². The van der Waals surface area contributed by atoms with Gasteiger partial charge in [0, 0.05) is 12.0 Å². The highest BCUT2D eigenvalue weighted by Crippen LogP contribution is 2.27. The molecule has 2 aromatic rings. The average Bonchev–Trinajstić information content (AvgIpc) is 2.89. The Kier molecular flexibility index (Phi) is 3.84. The van der Waals surface area contributed by atoms with Crippen molar-refractivity contribution in [3.05, 3.63) is 46.3 Å². The number of nitrogens with zero attached hydrogens (tertiary/aromatic N) is 1. The molecule has 21 heavy (non-hydrogen) atoms. The Labute approximate surface area is 127 Å². The molecule has 2 N–H and O–H groups in total. The van der Waals surface area contributed by atoms with E-state index in [1.807, 2.05) is 12.1 Å². The number of amides is 1. The molecular formula is C15H16ClN3O2. The molecule has 6 heteroatoms. The Morgan fingerprint density at radius 3 is 3.05 bits per heavy atom. The fourth-order valence-electron chi connectivity index (χ4n) is 2.50. The zero-order chi connectivity index (χ0) is 14.8. The number of carbonyl (C=O) groups is 1. The largest absolute Gasteiger partial charge is 0.360 e. The van der Waals surface area contributed by atoms with E-state index in [2.05, 4.69) is 22.9 Å². The summed E-state index contributed by atoms with van der Waals surface area (Å²) in [7, 11) is 0. The summed E-state index contributed by atoms with van der Waals surface area (Å²) in [5, 5.41) is 4.44. The number of hydrazine groups is 1. The molecule has 1 aliphatic carbocycles. The summed E-state index contributed by atoms with van der Waals surface area (Å²) in [4.78, 5) is 12.2. The Morgan fingerprint density at radius 1 is 1.43 bits per heavy atom. The SMILES string of the molecule is CC1CCc2onc(C(=O)NNc3ccccc3Cl)c2C1. The topological polar surface area (TPSA) is 67.2 Å². The Bertz CT molecular complexity index is 669. The van der Waals surface area contributed by atoms with Crippen LogP contribution in [0.1, 0.15) is 35.2 Å². The molecule has 1 amide bonds. The van der Waals surface area contributed by atoms with Crippen LogP contribution in [0.5, 0.6) is 0 Å². The third kappa shape index (κ3) is 2.88. The second-order valence-corrected chi connectivity index (χ2v) is 5.75. The van der Waals surface area contributed by atoms with Gasteiger partial charge in [0.15, 0.2) is 5.69 Å². The number of aryl methyl sites for hydroxylation is 1. The van der Waals surface area contributed by atoms with Crippen LogP contribution in [0, 0.1) is 5.92 Å². The minimum atomic E-state index is -0.311. The first-order chi connectivity index (χ1) is 10.1.